The van der Waals surface area contributed by atoms with Gasteiger partial charge in [0.05, 0.1) is 26.4 Å². The number of morpholine rings is 1. The first kappa shape index (κ1) is 18.6. The van der Waals surface area contributed by atoms with Crippen molar-refractivity contribution in [2.45, 2.75) is 12.6 Å². The third kappa shape index (κ3) is 4.52. The number of aliphatic carboxylic acids is 1. The van der Waals surface area contributed by atoms with Gasteiger partial charge in [-0.15, -0.1) is 0 Å². The molecule has 1 N–H and O–H groups in total. The first-order chi connectivity index (χ1) is 12.6. The van der Waals surface area contributed by atoms with Crippen LogP contribution in [0.2, 0.25) is 0 Å². The zero-order valence-electron chi connectivity index (χ0n) is 15.4. The number of fused-ring (bicyclic) bond motifs is 1. The maximum absolute atomic E-state index is 10.8. The van der Waals surface area contributed by atoms with Crippen molar-refractivity contribution in [2.24, 2.45) is 0 Å². The van der Waals surface area contributed by atoms with Crippen molar-refractivity contribution in [1.82, 2.24) is 9.80 Å². The smallest absolute Gasteiger partial charge is 0.317 e. The molecule has 6 heteroatoms. The van der Waals surface area contributed by atoms with Crippen molar-refractivity contribution < 1.29 is 19.4 Å². The van der Waals surface area contributed by atoms with Gasteiger partial charge in [0, 0.05) is 31.7 Å². The molecule has 26 heavy (non-hydrogen) atoms. The van der Waals surface area contributed by atoms with Crippen molar-refractivity contribution in [3.05, 3.63) is 42.0 Å². The largest absolute Gasteiger partial charge is 0.496 e. The molecule has 0 saturated carbocycles. The minimum absolute atomic E-state index is 0.00840. The number of nitrogens with zero attached hydrogens (tertiary/aromatic N) is 2. The van der Waals surface area contributed by atoms with E-state index in [4.69, 9.17) is 14.6 Å². The molecule has 1 aliphatic heterocycles. The zero-order valence-corrected chi connectivity index (χ0v) is 15.4. The van der Waals surface area contributed by atoms with E-state index in [0.717, 1.165) is 25.4 Å². The number of carboxylic acids is 1. The van der Waals surface area contributed by atoms with E-state index in [9.17, 15) is 4.79 Å². The number of carbonyl (C=O) groups is 1. The Morgan fingerprint density at radius 2 is 2.15 bits per heavy atom. The molecular formula is C20H26N2O4. The Balaban J connectivity index is 1.72. The second kappa shape index (κ2) is 8.49. The molecule has 2 aromatic rings. The van der Waals surface area contributed by atoms with Gasteiger partial charge in [-0.1, -0.05) is 30.3 Å². The van der Waals surface area contributed by atoms with E-state index >= 15 is 0 Å². The summed E-state index contributed by atoms with van der Waals surface area (Å²) in [4.78, 5) is 15.0. The quantitative estimate of drug-likeness (QED) is 0.818. The van der Waals surface area contributed by atoms with Gasteiger partial charge in [-0.25, -0.2) is 0 Å². The molecule has 2 aromatic carbocycles. The van der Waals surface area contributed by atoms with Crippen molar-refractivity contribution >= 4 is 16.7 Å². The third-order valence-electron chi connectivity index (χ3n) is 4.74. The van der Waals surface area contributed by atoms with Crippen molar-refractivity contribution in [3.63, 3.8) is 0 Å². The number of benzene rings is 2. The van der Waals surface area contributed by atoms with Crippen molar-refractivity contribution in [1.29, 1.82) is 0 Å². The summed E-state index contributed by atoms with van der Waals surface area (Å²) in [7, 11) is 3.51. The molecule has 140 valence electrons. The van der Waals surface area contributed by atoms with Gasteiger partial charge in [0.1, 0.15) is 5.75 Å². The van der Waals surface area contributed by atoms with Crippen LogP contribution < -0.4 is 4.74 Å². The fraction of sp³-hybridized carbons (Fsp3) is 0.450. The molecule has 1 unspecified atom stereocenters. The summed E-state index contributed by atoms with van der Waals surface area (Å²) in [5.41, 5.74) is 1.19. The average Bonchev–Trinajstić information content (AvgIpc) is 2.61. The molecule has 6 nitrogen and oxygen atoms in total. The maximum Gasteiger partial charge on any atom is 0.317 e. The van der Waals surface area contributed by atoms with Crippen LogP contribution in [-0.4, -0.2) is 73.9 Å². The van der Waals surface area contributed by atoms with E-state index in [0.29, 0.717) is 13.2 Å². The first-order valence-corrected chi connectivity index (χ1v) is 8.85. The molecule has 0 aromatic heterocycles. The zero-order chi connectivity index (χ0) is 18.5. The molecule has 3 rings (SSSR count). The fourth-order valence-corrected chi connectivity index (χ4v) is 3.57. The van der Waals surface area contributed by atoms with Crippen LogP contribution in [0.15, 0.2) is 36.4 Å². The second-order valence-electron chi connectivity index (χ2n) is 6.79. The number of carboxylic acid groups (broad SMARTS) is 1. The number of hydrogen-bond acceptors (Lipinski definition) is 5. The summed E-state index contributed by atoms with van der Waals surface area (Å²) in [6, 6.07) is 12.4. The second-order valence-corrected chi connectivity index (χ2v) is 6.79. The lowest BCUT2D eigenvalue weighted by molar-refractivity contribution is -0.138. The highest BCUT2D eigenvalue weighted by atomic mass is 16.5. The summed E-state index contributed by atoms with van der Waals surface area (Å²) < 4.78 is 11.4. The molecule has 1 atom stereocenters. The van der Waals surface area contributed by atoms with Crippen LogP contribution in [0.4, 0.5) is 0 Å². The Kier molecular flexibility index (Phi) is 6.08. The summed E-state index contributed by atoms with van der Waals surface area (Å²) in [5, 5.41) is 11.3. The fourth-order valence-electron chi connectivity index (χ4n) is 3.57. The first-order valence-electron chi connectivity index (χ1n) is 8.85. The molecule has 0 aliphatic carbocycles. The van der Waals surface area contributed by atoms with Crippen LogP contribution in [0, 0.1) is 0 Å². The van der Waals surface area contributed by atoms with Crippen molar-refractivity contribution in [3.8, 4) is 5.75 Å². The Morgan fingerprint density at radius 3 is 2.92 bits per heavy atom. The average molecular weight is 358 g/mol. The number of rotatable bonds is 7. The SMILES string of the molecule is COc1ccc2ccccc2c1CN1CCOC(CN(C)CC(=O)O)C1. The molecule has 1 aliphatic rings. The van der Waals surface area contributed by atoms with Gasteiger partial charge in [0.2, 0.25) is 0 Å². The van der Waals surface area contributed by atoms with E-state index in [1.807, 2.05) is 25.2 Å². The third-order valence-corrected chi connectivity index (χ3v) is 4.74. The lowest BCUT2D eigenvalue weighted by Gasteiger charge is -2.35. The topological polar surface area (TPSA) is 62.2 Å². The van der Waals surface area contributed by atoms with Gasteiger partial charge < -0.3 is 14.6 Å². The summed E-state index contributed by atoms with van der Waals surface area (Å²) in [5.74, 6) is 0.0791. The van der Waals surface area contributed by atoms with Gasteiger partial charge in [-0.05, 0) is 23.9 Å². The van der Waals surface area contributed by atoms with Gasteiger partial charge in [0.15, 0.2) is 0 Å². The van der Waals surface area contributed by atoms with E-state index < -0.39 is 5.97 Å². The highest BCUT2D eigenvalue weighted by Crippen LogP contribution is 2.29. The number of ether oxygens (including phenoxy) is 2. The Morgan fingerprint density at radius 1 is 1.35 bits per heavy atom. The number of likely N-dealkylation sites (N-methyl/N-ethyl adjacent to an activating group) is 1. The van der Waals surface area contributed by atoms with Crippen LogP contribution in [-0.2, 0) is 16.1 Å². The molecule has 0 spiro atoms. The van der Waals surface area contributed by atoms with Crippen LogP contribution in [0.25, 0.3) is 10.8 Å². The highest BCUT2D eigenvalue weighted by molar-refractivity contribution is 5.87. The summed E-state index contributed by atoms with van der Waals surface area (Å²) in [6.45, 7) is 3.69. The van der Waals surface area contributed by atoms with Gasteiger partial charge in [-0.2, -0.15) is 0 Å². The molecule has 1 saturated heterocycles. The maximum atomic E-state index is 10.8. The van der Waals surface area contributed by atoms with E-state index in [1.54, 1.807) is 12.0 Å². The van der Waals surface area contributed by atoms with Crippen LogP contribution in [0.5, 0.6) is 5.75 Å². The van der Waals surface area contributed by atoms with Crippen LogP contribution in [0.3, 0.4) is 0 Å². The van der Waals surface area contributed by atoms with E-state index in [2.05, 4.69) is 23.1 Å². The van der Waals surface area contributed by atoms with Crippen LogP contribution in [0.1, 0.15) is 5.56 Å². The minimum atomic E-state index is -0.819. The molecule has 0 bridgehead atoms. The number of methoxy groups -OCH3 is 1. The monoisotopic (exact) mass is 358 g/mol. The highest BCUT2D eigenvalue weighted by Gasteiger charge is 2.23. The van der Waals surface area contributed by atoms with Gasteiger partial charge in [-0.3, -0.25) is 14.6 Å². The summed E-state index contributed by atoms with van der Waals surface area (Å²) in [6.07, 6.45) is 0.00840. The van der Waals surface area contributed by atoms with Gasteiger partial charge >= 0.3 is 5.97 Å². The predicted octanol–water partition coefficient (Wildman–Crippen LogP) is 2.07. The van der Waals surface area contributed by atoms with E-state index in [1.165, 1.54) is 16.3 Å². The molecule has 1 heterocycles. The predicted molar refractivity (Wildman–Crippen MR) is 101 cm³/mol. The van der Waals surface area contributed by atoms with Gasteiger partial charge in [0.25, 0.3) is 0 Å². The standard InChI is InChI=1S/C20H26N2O4/c1-21(14-20(23)24)11-16-12-22(9-10-26-16)13-18-17-6-4-3-5-15(17)7-8-19(18)25-2/h3-8,16H,9-14H2,1-2H3,(H,23,24). The summed E-state index contributed by atoms with van der Waals surface area (Å²) >= 11 is 0. The normalized spacial score (nSPS) is 18.3. The van der Waals surface area contributed by atoms with E-state index in [-0.39, 0.29) is 12.6 Å². The lowest BCUT2D eigenvalue weighted by Crippen LogP contribution is -2.47. The Labute approximate surface area is 153 Å². The minimum Gasteiger partial charge on any atom is -0.496 e. The Bertz CT molecular complexity index is 765. The number of hydrogen-bond donors (Lipinski definition) is 1. The molecular weight excluding hydrogens is 332 g/mol. The lowest BCUT2D eigenvalue weighted by atomic mass is 10.0. The molecule has 0 amide bonds. The van der Waals surface area contributed by atoms with Crippen molar-refractivity contribution in [2.75, 3.05) is 46.9 Å². The molecule has 0 radical (unpaired) electrons. The van der Waals surface area contributed by atoms with Crippen LogP contribution >= 0.6 is 0 Å². The molecule has 1 fully saturated rings. The Hall–Kier alpha value is -2.15.